The molecule has 3 rings (SSSR count). The van der Waals surface area contributed by atoms with Gasteiger partial charge in [0.2, 0.25) is 5.91 Å². The fourth-order valence-corrected chi connectivity index (χ4v) is 4.23. The van der Waals surface area contributed by atoms with Gasteiger partial charge in [-0.2, -0.15) is 0 Å². The molecule has 0 saturated heterocycles. The van der Waals surface area contributed by atoms with Gasteiger partial charge in [-0.05, 0) is 49.5 Å². The fourth-order valence-electron chi connectivity index (χ4n) is 4.23. The molecular formula is C15H21NO2. The third-order valence-corrected chi connectivity index (χ3v) is 5.26. The van der Waals surface area contributed by atoms with E-state index in [9.17, 15) is 9.90 Å². The average molecular weight is 247 g/mol. The van der Waals surface area contributed by atoms with Crippen LogP contribution in [0.3, 0.4) is 0 Å². The first-order valence-electron chi connectivity index (χ1n) is 6.78. The zero-order valence-corrected chi connectivity index (χ0v) is 11.2. The number of aliphatic hydroxyl groups is 1. The molecule has 3 aliphatic rings. The molecule has 2 saturated carbocycles. The van der Waals surface area contributed by atoms with Crippen LogP contribution in [0.2, 0.25) is 0 Å². The molecule has 2 aliphatic carbocycles. The quantitative estimate of drug-likeness (QED) is 0.645. The maximum atomic E-state index is 11.8. The summed E-state index contributed by atoms with van der Waals surface area (Å²) >= 11 is 0. The molecule has 2 fully saturated rings. The highest BCUT2D eigenvalue weighted by molar-refractivity contribution is 5.97. The molecule has 0 radical (unpaired) electrons. The van der Waals surface area contributed by atoms with E-state index in [4.69, 9.17) is 0 Å². The predicted octanol–water partition coefficient (Wildman–Crippen LogP) is 2.28. The highest BCUT2D eigenvalue weighted by Gasteiger charge is 2.55. The number of carbonyl (C=O) groups excluding carboxylic acids is 1. The lowest BCUT2D eigenvalue weighted by atomic mass is 9.56. The monoisotopic (exact) mass is 247 g/mol. The van der Waals surface area contributed by atoms with Gasteiger partial charge in [-0.15, -0.1) is 0 Å². The molecule has 18 heavy (non-hydrogen) atoms. The summed E-state index contributed by atoms with van der Waals surface area (Å²) in [4.78, 5) is 11.8. The van der Waals surface area contributed by atoms with Crippen molar-refractivity contribution >= 4 is 5.91 Å². The minimum atomic E-state index is -1.09. The molecule has 3 nitrogen and oxygen atoms in total. The van der Waals surface area contributed by atoms with Crippen LogP contribution in [-0.2, 0) is 4.79 Å². The minimum absolute atomic E-state index is 0.0749. The Kier molecular flexibility index (Phi) is 2.31. The maximum Gasteiger partial charge on any atom is 0.249 e. The largest absolute Gasteiger partial charge is 0.367 e. The van der Waals surface area contributed by atoms with Crippen LogP contribution in [0, 0.1) is 11.3 Å². The fraction of sp³-hybridized carbons (Fsp3) is 0.667. The van der Waals surface area contributed by atoms with Crippen LogP contribution in [0.5, 0.6) is 0 Å². The van der Waals surface area contributed by atoms with Gasteiger partial charge in [-0.3, -0.25) is 4.79 Å². The topological polar surface area (TPSA) is 49.3 Å². The number of amides is 1. The van der Waals surface area contributed by atoms with Crippen LogP contribution in [-0.4, -0.2) is 16.7 Å². The zero-order chi connectivity index (χ0) is 13.1. The van der Waals surface area contributed by atoms with Crippen LogP contribution in [0.15, 0.2) is 23.3 Å². The van der Waals surface area contributed by atoms with Gasteiger partial charge < -0.3 is 10.4 Å². The van der Waals surface area contributed by atoms with Crippen LogP contribution in [0.1, 0.15) is 46.0 Å². The molecule has 0 unspecified atom stereocenters. The third-order valence-electron chi connectivity index (χ3n) is 5.26. The minimum Gasteiger partial charge on any atom is -0.367 e. The van der Waals surface area contributed by atoms with Gasteiger partial charge >= 0.3 is 0 Å². The van der Waals surface area contributed by atoms with Crippen molar-refractivity contribution in [2.24, 2.45) is 11.3 Å². The second-order valence-electron chi connectivity index (χ2n) is 6.52. The molecule has 0 aromatic carbocycles. The van der Waals surface area contributed by atoms with Gasteiger partial charge in [0.1, 0.15) is 0 Å². The summed E-state index contributed by atoms with van der Waals surface area (Å²) in [5.74, 6) is 0.310. The van der Waals surface area contributed by atoms with E-state index >= 15 is 0 Å². The van der Waals surface area contributed by atoms with E-state index in [2.05, 4.69) is 18.8 Å². The summed E-state index contributed by atoms with van der Waals surface area (Å²) in [5.41, 5.74) is 1.89. The van der Waals surface area contributed by atoms with Crippen molar-refractivity contribution in [1.29, 1.82) is 0 Å². The molecule has 1 aliphatic heterocycles. The molecule has 1 heterocycles. The zero-order valence-electron chi connectivity index (χ0n) is 11.2. The molecule has 98 valence electrons. The molecule has 0 aromatic heterocycles. The van der Waals surface area contributed by atoms with E-state index in [-0.39, 0.29) is 11.3 Å². The Morgan fingerprint density at radius 2 is 2.22 bits per heavy atom. The van der Waals surface area contributed by atoms with Crippen LogP contribution in [0.4, 0.5) is 0 Å². The summed E-state index contributed by atoms with van der Waals surface area (Å²) in [7, 11) is 0. The van der Waals surface area contributed by atoms with Crippen molar-refractivity contribution in [3.05, 3.63) is 23.3 Å². The second-order valence-corrected chi connectivity index (χ2v) is 6.52. The van der Waals surface area contributed by atoms with Gasteiger partial charge in [0.05, 0.1) is 0 Å². The molecular weight excluding hydrogens is 226 g/mol. The Balaban J connectivity index is 2.04. The second kappa shape index (κ2) is 3.47. The first kappa shape index (κ1) is 12.0. The number of rotatable bonds is 0. The highest BCUT2D eigenvalue weighted by atomic mass is 16.3. The van der Waals surface area contributed by atoms with Gasteiger partial charge in [0.25, 0.3) is 0 Å². The lowest BCUT2D eigenvalue weighted by molar-refractivity contribution is -0.123. The van der Waals surface area contributed by atoms with E-state index in [1.165, 1.54) is 5.57 Å². The van der Waals surface area contributed by atoms with E-state index < -0.39 is 5.72 Å². The van der Waals surface area contributed by atoms with Crippen molar-refractivity contribution in [1.82, 2.24) is 5.32 Å². The number of hydrogen-bond donors (Lipinski definition) is 2. The Bertz CT molecular complexity index is 479. The molecule has 3 heteroatoms. The number of fused-ring (bicyclic) bond motifs is 2. The third kappa shape index (κ3) is 1.43. The summed E-state index contributed by atoms with van der Waals surface area (Å²) in [6, 6.07) is 0. The molecule has 3 atom stereocenters. The molecule has 0 aromatic rings. The SMILES string of the molecule is C=C1CCC[C@@]2(C)C[C@@]3(O)NC(=O)C(C)=C3C[C@H]12. The van der Waals surface area contributed by atoms with Crippen molar-refractivity contribution < 1.29 is 9.90 Å². The van der Waals surface area contributed by atoms with Crippen LogP contribution >= 0.6 is 0 Å². The number of hydrogen-bond acceptors (Lipinski definition) is 2. The number of allylic oxidation sites excluding steroid dienone is 1. The van der Waals surface area contributed by atoms with Crippen molar-refractivity contribution in [2.45, 2.75) is 51.7 Å². The normalized spacial score (nSPS) is 43.6. The molecule has 0 spiro atoms. The molecule has 1 amide bonds. The van der Waals surface area contributed by atoms with Gasteiger partial charge in [0, 0.05) is 12.0 Å². The maximum absolute atomic E-state index is 11.8. The van der Waals surface area contributed by atoms with Gasteiger partial charge in [-0.25, -0.2) is 0 Å². The number of nitrogens with one attached hydrogen (secondary N) is 1. The van der Waals surface area contributed by atoms with Gasteiger partial charge in [0.15, 0.2) is 5.72 Å². The van der Waals surface area contributed by atoms with Crippen molar-refractivity contribution in [2.75, 3.05) is 0 Å². The van der Waals surface area contributed by atoms with Crippen LogP contribution in [0.25, 0.3) is 0 Å². The van der Waals surface area contributed by atoms with E-state index in [1.54, 1.807) is 0 Å². The van der Waals surface area contributed by atoms with E-state index in [1.807, 2.05) is 6.92 Å². The van der Waals surface area contributed by atoms with E-state index in [0.717, 1.165) is 31.3 Å². The smallest absolute Gasteiger partial charge is 0.249 e. The Labute approximate surface area is 108 Å². The van der Waals surface area contributed by atoms with Gasteiger partial charge in [-0.1, -0.05) is 19.1 Å². The Morgan fingerprint density at radius 3 is 2.94 bits per heavy atom. The van der Waals surface area contributed by atoms with Crippen LogP contribution < -0.4 is 5.32 Å². The van der Waals surface area contributed by atoms with Crippen molar-refractivity contribution in [3.63, 3.8) is 0 Å². The molecule has 0 bridgehead atoms. The first-order valence-corrected chi connectivity index (χ1v) is 6.78. The molecule has 2 N–H and O–H groups in total. The summed E-state index contributed by atoms with van der Waals surface area (Å²) in [6.45, 7) is 8.26. The highest BCUT2D eigenvalue weighted by Crippen LogP contribution is 2.57. The lowest BCUT2D eigenvalue weighted by Crippen LogP contribution is -2.54. The summed E-state index contributed by atoms with van der Waals surface area (Å²) in [5, 5.41) is 13.5. The first-order chi connectivity index (χ1) is 8.36. The summed E-state index contributed by atoms with van der Waals surface area (Å²) < 4.78 is 0. The lowest BCUT2D eigenvalue weighted by Gasteiger charge is -2.51. The van der Waals surface area contributed by atoms with E-state index in [0.29, 0.717) is 17.9 Å². The Morgan fingerprint density at radius 1 is 1.50 bits per heavy atom. The Hall–Kier alpha value is -1.09. The predicted molar refractivity (Wildman–Crippen MR) is 69.6 cm³/mol. The summed E-state index contributed by atoms with van der Waals surface area (Å²) in [6.07, 6.45) is 4.76. The average Bonchev–Trinajstić information content (AvgIpc) is 2.46. The number of carbonyl (C=O) groups is 1. The van der Waals surface area contributed by atoms with Crippen molar-refractivity contribution in [3.8, 4) is 0 Å². The standard InChI is InChI=1S/C15H21NO2/c1-9-5-4-6-14(3)8-15(18)12(7-11(9)14)10(2)13(17)16-15/h11,18H,1,4-8H2,2-3H3,(H,16,17)/t11-,14+,15+/m1/s1.